The third-order valence-electron chi connectivity index (χ3n) is 7.64. The van der Waals surface area contributed by atoms with Crippen LogP contribution in [-0.4, -0.2) is 55.9 Å². The second kappa shape index (κ2) is 9.59. The first-order valence-electron chi connectivity index (χ1n) is 12.6. The molecule has 3 aromatic rings. The van der Waals surface area contributed by atoms with Gasteiger partial charge in [-0.05, 0) is 78.2 Å². The molecule has 0 aromatic carbocycles. The van der Waals surface area contributed by atoms with E-state index < -0.39 is 5.60 Å². The molecule has 9 heteroatoms. The topological polar surface area (TPSA) is 105 Å². The van der Waals surface area contributed by atoms with Gasteiger partial charge in [-0.3, -0.25) is 4.98 Å². The van der Waals surface area contributed by atoms with E-state index in [1.165, 1.54) is 0 Å². The zero-order valence-electron chi connectivity index (χ0n) is 21.3. The third-order valence-corrected chi connectivity index (χ3v) is 8.67. The number of aromatic nitrogens is 4. The van der Waals surface area contributed by atoms with Crippen molar-refractivity contribution in [1.29, 1.82) is 0 Å². The van der Waals surface area contributed by atoms with Crippen LogP contribution in [0.1, 0.15) is 63.8 Å². The van der Waals surface area contributed by atoms with Crippen LogP contribution in [0.15, 0.2) is 12.3 Å². The lowest BCUT2D eigenvalue weighted by Crippen LogP contribution is -2.31. The molecule has 3 aromatic heterocycles. The second-order valence-electron chi connectivity index (χ2n) is 10.6. The van der Waals surface area contributed by atoms with Crippen LogP contribution in [0.5, 0.6) is 0 Å². The molecule has 35 heavy (non-hydrogen) atoms. The maximum absolute atomic E-state index is 10.5. The van der Waals surface area contributed by atoms with Gasteiger partial charge in [-0.25, -0.2) is 9.97 Å². The van der Waals surface area contributed by atoms with Crippen LogP contribution in [0.2, 0.25) is 0 Å². The van der Waals surface area contributed by atoms with Crippen LogP contribution in [0.25, 0.3) is 20.8 Å². The fraction of sp³-hybridized carbons (Fsp3) is 0.615. The first-order valence-corrected chi connectivity index (χ1v) is 13.4. The number of anilines is 2. The van der Waals surface area contributed by atoms with Crippen LogP contribution < -0.4 is 10.6 Å². The first-order chi connectivity index (χ1) is 16.7. The molecule has 3 N–H and O–H groups in total. The van der Waals surface area contributed by atoms with Crippen LogP contribution in [-0.2, 0) is 4.74 Å². The maximum atomic E-state index is 10.5. The van der Waals surface area contributed by atoms with E-state index >= 15 is 0 Å². The Bertz CT molecular complexity index is 1210. The van der Waals surface area contributed by atoms with E-state index in [0.717, 1.165) is 76.5 Å². The summed E-state index contributed by atoms with van der Waals surface area (Å²) >= 11 is 1.65. The molecule has 2 saturated carbocycles. The van der Waals surface area contributed by atoms with Crippen molar-refractivity contribution >= 4 is 33.3 Å². The summed E-state index contributed by atoms with van der Waals surface area (Å²) in [7, 11) is 1.77. The summed E-state index contributed by atoms with van der Waals surface area (Å²) in [5.41, 5.74) is 3.00. The summed E-state index contributed by atoms with van der Waals surface area (Å²) in [6.45, 7) is 7.84. The van der Waals surface area contributed by atoms with Crippen molar-refractivity contribution < 1.29 is 9.84 Å². The standard InChI is InChI=1S/C26H36N6O2S/c1-14-21(24-31-22-15(2)27-12-11-20(22)35-24)23(29-17-10-9-16(13-17)26(3,4)33)32-25(28-14)30-18-7-6-8-19(18)34-5/h11-12,16-19,33H,6-10,13H2,1-5H3,(H2,28,29,30,32). The molecule has 2 fully saturated rings. The van der Waals surface area contributed by atoms with E-state index in [4.69, 9.17) is 19.7 Å². The Balaban J connectivity index is 1.51. The summed E-state index contributed by atoms with van der Waals surface area (Å²) in [6, 6.07) is 2.46. The van der Waals surface area contributed by atoms with Gasteiger partial charge in [0.25, 0.3) is 0 Å². The highest BCUT2D eigenvalue weighted by atomic mass is 32.1. The lowest BCUT2D eigenvalue weighted by atomic mass is 9.89. The smallest absolute Gasteiger partial charge is 0.225 e. The van der Waals surface area contributed by atoms with E-state index in [1.807, 2.05) is 40.0 Å². The average molecular weight is 497 g/mol. The van der Waals surface area contributed by atoms with Gasteiger partial charge < -0.3 is 20.5 Å². The molecule has 0 saturated heterocycles. The second-order valence-corrected chi connectivity index (χ2v) is 11.6. The zero-order valence-corrected chi connectivity index (χ0v) is 22.1. The Kier molecular flexibility index (Phi) is 6.67. The van der Waals surface area contributed by atoms with Gasteiger partial charge in [0.05, 0.1) is 39.4 Å². The fourth-order valence-electron chi connectivity index (χ4n) is 5.57. The summed E-state index contributed by atoms with van der Waals surface area (Å²) in [4.78, 5) is 19.2. The highest BCUT2D eigenvalue weighted by Crippen LogP contribution is 2.40. The van der Waals surface area contributed by atoms with Crippen molar-refractivity contribution in [1.82, 2.24) is 19.9 Å². The number of thiazole rings is 1. The molecule has 0 spiro atoms. The third kappa shape index (κ3) is 4.99. The van der Waals surface area contributed by atoms with Gasteiger partial charge in [-0.2, -0.15) is 4.98 Å². The van der Waals surface area contributed by atoms with Crippen molar-refractivity contribution in [3.8, 4) is 10.6 Å². The monoisotopic (exact) mass is 496 g/mol. The molecule has 2 aliphatic rings. The van der Waals surface area contributed by atoms with Crippen molar-refractivity contribution in [2.45, 2.75) is 90.0 Å². The molecule has 4 unspecified atom stereocenters. The molecule has 3 heterocycles. The number of hydrogen-bond acceptors (Lipinski definition) is 9. The molecule has 188 valence electrons. The predicted molar refractivity (Wildman–Crippen MR) is 141 cm³/mol. The van der Waals surface area contributed by atoms with Crippen molar-refractivity contribution in [2.75, 3.05) is 17.7 Å². The number of rotatable bonds is 7. The predicted octanol–water partition coefficient (Wildman–Crippen LogP) is 5.10. The van der Waals surface area contributed by atoms with E-state index in [9.17, 15) is 5.11 Å². The van der Waals surface area contributed by atoms with E-state index in [-0.39, 0.29) is 24.1 Å². The Morgan fingerprint density at radius 3 is 2.60 bits per heavy atom. The van der Waals surface area contributed by atoms with Crippen molar-refractivity contribution in [2.24, 2.45) is 5.92 Å². The van der Waals surface area contributed by atoms with Gasteiger partial charge >= 0.3 is 0 Å². The van der Waals surface area contributed by atoms with Crippen LogP contribution >= 0.6 is 11.3 Å². The quantitative estimate of drug-likeness (QED) is 0.415. The molecule has 2 aliphatic carbocycles. The molecule has 0 radical (unpaired) electrons. The van der Waals surface area contributed by atoms with Gasteiger partial charge in [0.1, 0.15) is 16.3 Å². The number of aryl methyl sites for hydroxylation is 2. The fourth-order valence-corrected chi connectivity index (χ4v) is 6.68. The van der Waals surface area contributed by atoms with Crippen LogP contribution in [0.3, 0.4) is 0 Å². The highest BCUT2D eigenvalue weighted by molar-refractivity contribution is 7.21. The molecular formula is C26H36N6O2S. The number of pyridine rings is 1. The van der Waals surface area contributed by atoms with Gasteiger partial charge in [-0.15, -0.1) is 11.3 Å². The molecular weight excluding hydrogens is 460 g/mol. The Labute approximate surface area is 211 Å². The number of methoxy groups -OCH3 is 1. The lowest BCUT2D eigenvalue weighted by molar-refractivity contribution is 0.0197. The molecule has 0 aliphatic heterocycles. The number of ether oxygens (including phenoxy) is 1. The average Bonchev–Trinajstić information content (AvgIpc) is 3.53. The van der Waals surface area contributed by atoms with Gasteiger partial charge in [0.15, 0.2) is 0 Å². The highest BCUT2D eigenvalue weighted by Gasteiger charge is 2.35. The molecule has 0 bridgehead atoms. The zero-order chi connectivity index (χ0) is 24.7. The largest absolute Gasteiger partial charge is 0.390 e. The van der Waals surface area contributed by atoms with Crippen LogP contribution in [0.4, 0.5) is 11.8 Å². The Hall–Kier alpha value is -2.36. The van der Waals surface area contributed by atoms with Gasteiger partial charge in [0.2, 0.25) is 5.95 Å². The number of fused-ring (bicyclic) bond motifs is 1. The summed E-state index contributed by atoms with van der Waals surface area (Å²) in [5.74, 6) is 1.69. The number of aliphatic hydroxyl groups is 1. The van der Waals surface area contributed by atoms with Gasteiger partial charge in [-0.1, -0.05) is 0 Å². The summed E-state index contributed by atoms with van der Waals surface area (Å²) in [6.07, 6.45) is 8.15. The normalized spacial score (nSPS) is 24.9. The van der Waals surface area contributed by atoms with Crippen LogP contribution in [0, 0.1) is 19.8 Å². The van der Waals surface area contributed by atoms with Gasteiger partial charge in [0, 0.05) is 19.3 Å². The molecule has 0 amide bonds. The van der Waals surface area contributed by atoms with Crippen molar-refractivity contribution in [3.63, 3.8) is 0 Å². The molecule has 4 atom stereocenters. The minimum Gasteiger partial charge on any atom is -0.390 e. The molecule has 5 rings (SSSR count). The number of nitrogens with zero attached hydrogens (tertiary/aromatic N) is 4. The first kappa shape index (κ1) is 24.3. The SMILES string of the molecule is COC1CCCC1Nc1nc(C)c(-c2nc3c(C)nccc3s2)c(NC2CCC(C(C)(C)O)C2)n1. The summed E-state index contributed by atoms with van der Waals surface area (Å²) < 4.78 is 6.78. The minimum absolute atomic E-state index is 0.178. The van der Waals surface area contributed by atoms with E-state index in [2.05, 4.69) is 15.6 Å². The lowest BCUT2D eigenvalue weighted by Gasteiger charge is -2.26. The maximum Gasteiger partial charge on any atom is 0.225 e. The minimum atomic E-state index is -0.678. The summed E-state index contributed by atoms with van der Waals surface area (Å²) in [5, 5.41) is 18.7. The molecule has 8 nitrogen and oxygen atoms in total. The number of hydrogen-bond donors (Lipinski definition) is 3. The number of nitrogens with one attached hydrogen (secondary N) is 2. The van der Waals surface area contributed by atoms with Crippen molar-refractivity contribution in [3.05, 3.63) is 23.7 Å². The van der Waals surface area contributed by atoms with E-state index in [0.29, 0.717) is 5.95 Å². The van der Waals surface area contributed by atoms with E-state index in [1.54, 1.807) is 18.4 Å². The Morgan fingerprint density at radius 1 is 1.06 bits per heavy atom. The Morgan fingerprint density at radius 2 is 1.89 bits per heavy atom.